The SMILES string of the molecule is COC(=O)c1c(O)c2c(CS)cccc2n(C)c1=O. The number of carbonyl (C=O) groups is 1. The van der Waals surface area contributed by atoms with Crippen LogP contribution in [-0.2, 0) is 17.5 Å². The van der Waals surface area contributed by atoms with Gasteiger partial charge in [0.1, 0.15) is 5.75 Å². The number of rotatable bonds is 2. The molecule has 1 aromatic heterocycles. The molecule has 0 unspecified atom stereocenters. The van der Waals surface area contributed by atoms with E-state index in [9.17, 15) is 14.7 Å². The molecule has 0 saturated heterocycles. The van der Waals surface area contributed by atoms with Gasteiger partial charge in [0.25, 0.3) is 5.56 Å². The lowest BCUT2D eigenvalue weighted by atomic mass is 10.1. The molecule has 5 nitrogen and oxygen atoms in total. The van der Waals surface area contributed by atoms with Crippen LogP contribution in [0.2, 0.25) is 0 Å². The fourth-order valence-corrected chi connectivity index (χ4v) is 2.32. The van der Waals surface area contributed by atoms with Crippen molar-refractivity contribution in [3.05, 3.63) is 39.7 Å². The number of aryl methyl sites for hydroxylation is 1. The van der Waals surface area contributed by atoms with Gasteiger partial charge in [-0.15, -0.1) is 0 Å². The molecule has 19 heavy (non-hydrogen) atoms. The van der Waals surface area contributed by atoms with E-state index in [4.69, 9.17) is 0 Å². The monoisotopic (exact) mass is 279 g/mol. The van der Waals surface area contributed by atoms with Crippen LogP contribution in [0.5, 0.6) is 5.75 Å². The summed E-state index contributed by atoms with van der Waals surface area (Å²) < 4.78 is 5.86. The highest BCUT2D eigenvalue weighted by Gasteiger charge is 2.22. The average molecular weight is 279 g/mol. The number of carbonyl (C=O) groups excluding carboxylic acids is 1. The topological polar surface area (TPSA) is 68.5 Å². The van der Waals surface area contributed by atoms with E-state index in [2.05, 4.69) is 17.4 Å². The van der Waals surface area contributed by atoms with Gasteiger partial charge in [-0.1, -0.05) is 12.1 Å². The zero-order valence-electron chi connectivity index (χ0n) is 10.5. The highest BCUT2D eigenvalue weighted by molar-refractivity contribution is 7.79. The zero-order chi connectivity index (χ0) is 14.2. The van der Waals surface area contributed by atoms with Crippen molar-refractivity contribution in [2.45, 2.75) is 5.75 Å². The minimum Gasteiger partial charge on any atom is -0.506 e. The number of thiol groups is 1. The van der Waals surface area contributed by atoms with Crippen LogP contribution in [0.1, 0.15) is 15.9 Å². The molecular formula is C13H13NO4S. The second-order valence-electron chi connectivity index (χ2n) is 4.05. The Balaban J connectivity index is 3.02. The Morgan fingerprint density at radius 3 is 2.74 bits per heavy atom. The molecule has 0 spiro atoms. The first-order valence-corrected chi connectivity index (χ1v) is 6.18. The number of ether oxygens (including phenoxy) is 1. The third-order valence-electron chi connectivity index (χ3n) is 3.04. The molecule has 0 aliphatic heterocycles. The molecule has 0 fully saturated rings. The number of nitrogens with zero attached hydrogens (tertiary/aromatic N) is 1. The van der Waals surface area contributed by atoms with Crippen LogP contribution in [0.25, 0.3) is 10.9 Å². The quantitative estimate of drug-likeness (QED) is 0.645. The van der Waals surface area contributed by atoms with E-state index in [-0.39, 0.29) is 11.3 Å². The first kappa shape index (κ1) is 13.5. The fraction of sp³-hybridized carbons (Fsp3) is 0.231. The molecule has 6 heteroatoms. The Labute approximate surface area is 114 Å². The van der Waals surface area contributed by atoms with Gasteiger partial charge in [-0.25, -0.2) is 4.79 Å². The summed E-state index contributed by atoms with van der Waals surface area (Å²) in [7, 11) is 2.70. The second-order valence-corrected chi connectivity index (χ2v) is 4.36. The third-order valence-corrected chi connectivity index (χ3v) is 3.38. The van der Waals surface area contributed by atoms with Crippen LogP contribution in [-0.4, -0.2) is 22.8 Å². The van der Waals surface area contributed by atoms with E-state index in [0.717, 1.165) is 12.7 Å². The smallest absolute Gasteiger partial charge is 0.347 e. The first-order chi connectivity index (χ1) is 9.02. The Morgan fingerprint density at radius 2 is 2.16 bits per heavy atom. The van der Waals surface area contributed by atoms with Crippen LogP contribution >= 0.6 is 12.6 Å². The van der Waals surface area contributed by atoms with Gasteiger partial charge in [-0.05, 0) is 11.6 Å². The molecule has 1 heterocycles. The molecule has 100 valence electrons. The Morgan fingerprint density at radius 1 is 1.47 bits per heavy atom. The largest absolute Gasteiger partial charge is 0.506 e. The number of aromatic nitrogens is 1. The van der Waals surface area contributed by atoms with Crippen molar-refractivity contribution < 1.29 is 14.6 Å². The van der Waals surface area contributed by atoms with Gasteiger partial charge in [0.2, 0.25) is 0 Å². The van der Waals surface area contributed by atoms with E-state index in [1.807, 2.05) is 0 Å². The number of esters is 1. The maximum absolute atomic E-state index is 12.1. The first-order valence-electron chi connectivity index (χ1n) is 5.55. The molecular weight excluding hydrogens is 266 g/mol. The van der Waals surface area contributed by atoms with E-state index < -0.39 is 11.5 Å². The Bertz CT molecular complexity index is 721. The lowest BCUT2D eigenvalue weighted by Crippen LogP contribution is -2.25. The van der Waals surface area contributed by atoms with Crippen molar-refractivity contribution in [2.75, 3.05) is 7.11 Å². The van der Waals surface area contributed by atoms with Crippen molar-refractivity contribution in [2.24, 2.45) is 7.05 Å². The summed E-state index contributed by atoms with van der Waals surface area (Å²) in [6, 6.07) is 5.25. The predicted octanol–water partition coefficient (Wildman–Crippen LogP) is 1.46. The minimum atomic E-state index is -0.853. The summed E-state index contributed by atoms with van der Waals surface area (Å²) in [5, 5.41) is 10.7. The number of fused-ring (bicyclic) bond motifs is 1. The van der Waals surface area contributed by atoms with Crippen molar-refractivity contribution in [1.82, 2.24) is 4.57 Å². The highest BCUT2D eigenvalue weighted by atomic mass is 32.1. The second kappa shape index (κ2) is 4.97. The third kappa shape index (κ3) is 1.98. The van der Waals surface area contributed by atoms with Crippen LogP contribution in [0, 0.1) is 0 Å². The molecule has 1 N–H and O–H groups in total. The molecule has 1 aromatic carbocycles. The summed E-state index contributed by atoms with van der Waals surface area (Å²) in [6.07, 6.45) is 0. The molecule has 0 radical (unpaired) electrons. The van der Waals surface area contributed by atoms with Gasteiger partial charge >= 0.3 is 5.97 Å². The number of methoxy groups -OCH3 is 1. The molecule has 0 atom stereocenters. The van der Waals surface area contributed by atoms with E-state index in [1.54, 1.807) is 25.2 Å². The van der Waals surface area contributed by atoms with E-state index in [1.165, 1.54) is 4.57 Å². The van der Waals surface area contributed by atoms with Crippen molar-refractivity contribution in [3.8, 4) is 5.75 Å². The van der Waals surface area contributed by atoms with Gasteiger partial charge in [0, 0.05) is 18.2 Å². The predicted molar refractivity (Wildman–Crippen MR) is 74.9 cm³/mol. The van der Waals surface area contributed by atoms with Gasteiger partial charge in [0.05, 0.1) is 12.6 Å². The van der Waals surface area contributed by atoms with Crippen LogP contribution in [0.15, 0.2) is 23.0 Å². The minimum absolute atomic E-state index is 0.352. The summed E-state index contributed by atoms with van der Waals surface area (Å²) in [6.45, 7) is 0. The molecule has 2 rings (SSSR count). The summed E-state index contributed by atoms with van der Waals surface area (Å²) in [4.78, 5) is 23.7. The van der Waals surface area contributed by atoms with Crippen LogP contribution < -0.4 is 5.56 Å². The van der Waals surface area contributed by atoms with Crippen molar-refractivity contribution in [1.29, 1.82) is 0 Å². The van der Waals surface area contributed by atoms with Crippen LogP contribution in [0.3, 0.4) is 0 Å². The molecule has 0 aliphatic rings. The van der Waals surface area contributed by atoms with Gasteiger partial charge in [0.15, 0.2) is 5.56 Å². The maximum atomic E-state index is 12.1. The van der Waals surface area contributed by atoms with Gasteiger partial charge in [-0.3, -0.25) is 4.79 Å². The molecule has 0 bridgehead atoms. The highest BCUT2D eigenvalue weighted by Crippen LogP contribution is 2.30. The summed E-state index contributed by atoms with van der Waals surface area (Å²) in [5.74, 6) is -0.826. The fourth-order valence-electron chi connectivity index (χ4n) is 2.06. The van der Waals surface area contributed by atoms with Crippen LogP contribution in [0.4, 0.5) is 0 Å². The zero-order valence-corrected chi connectivity index (χ0v) is 11.4. The lowest BCUT2D eigenvalue weighted by Gasteiger charge is -2.13. The summed E-state index contributed by atoms with van der Waals surface area (Å²) in [5.41, 5.74) is 0.334. The standard InChI is InChI=1S/C13H13NO4S/c1-14-8-5-3-4-7(6-19)9(8)11(15)10(12(14)16)13(17)18-2/h3-5,15,19H,6H2,1-2H3. The molecule has 0 amide bonds. The number of benzene rings is 1. The van der Waals surface area contributed by atoms with Gasteiger partial charge in [-0.2, -0.15) is 12.6 Å². The number of hydrogen-bond donors (Lipinski definition) is 2. The molecule has 0 saturated carbocycles. The van der Waals surface area contributed by atoms with E-state index >= 15 is 0 Å². The number of aromatic hydroxyl groups is 1. The normalized spacial score (nSPS) is 10.7. The summed E-state index contributed by atoms with van der Waals surface area (Å²) >= 11 is 4.19. The molecule has 0 aliphatic carbocycles. The number of hydrogen-bond acceptors (Lipinski definition) is 5. The average Bonchev–Trinajstić information content (AvgIpc) is 2.43. The Kier molecular flexibility index (Phi) is 3.53. The lowest BCUT2D eigenvalue weighted by molar-refractivity contribution is 0.0595. The van der Waals surface area contributed by atoms with Crippen molar-refractivity contribution >= 4 is 29.5 Å². The Hall–Kier alpha value is -1.95. The number of pyridine rings is 1. The molecule has 2 aromatic rings. The maximum Gasteiger partial charge on any atom is 0.347 e. The van der Waals surface area contributed by atoms with Crippen molar-refractivity contribution in [3.63, 3.8) is 0 Å². The van der Waals surface area contributed by atoms with Gasteiger partial charge < -0.3 is 14.4 Å². The van der Waals surface area contributed by atoms with E-state index in [0.29, 0.717) is 16.7 Å².